The van der Waals surface area contributed by atoms with Gasteiger partial charge in [0.05, 0.1) is 29.5 Å². The lowest BCUT2D eigenvalue weighted by Gasteiger charge is -2.18. The fourth-order valence-electron chi connectivity index (χ4n) is 2.15. The van der Waals surface area contributed by atoms with Crippen molar-refractivity contribution in [2.24, 2.45) is 0 Å². The molecule has 0 aromatic carbocycles. The average Bonchev–Trinajstić information content (AvgIpc) is 2.97. The largest absolute Gasteiger partial charge is 0.308 e. The SMILES string of the molecule is CNC(c1ccc(C)s1)c1c(Cl)cnn1CCN(C)C. The van der Waals surface area contributed by atoms with E-state index >= 15 is 0 Å². The summed E-state index contributed by atoms with van der Waals surface area (Å²) in [6.45, 7) is 3.88. The maximum atomic E-state index is 6.36. The first-order valence-electron chi connectivity index (χ1n) is 6.62. The first kappa shape index (κ1) is 15.5. The van der Waals surface area contributed by atoms with Crippen molar-refractivity contribution < 1.29 is 0 Å². The molecule has 4 nitrogen and oxygen atoms in total. The van der Waals surface area contributed by atoms with Gasteiger partial charge in [-0.1, -0.05) is 11.6 Å². The third kappa shape index (κ3) is 3.41. The number of halogens is 1. The van der Waals surface area contributed by atoms with Crippen LogP contribution in [0.2, 0.25) is 5.02 Å². The zero-order valence-electron chi connectivity index (χ0n) is 12.4. The van der Waals surface area contributed by atoms with Gasteiger partial charge in [0, 0.05) is 16.3 Å². The van der Waals surface area contributed by atoms with Crippen molar-refractivity contribution in [3.8, 4) is 0 Å². The number of nitrogens with one attached hydrogen (secondary N) is 1. The number of aryl methyl sites for hydroxylation is 1. The minimum absolute atomic E-state index is 0.0888. The highest BCUT2D eigenvalue weighted by Gasteiger charge is 2.22. The van der Waals surface area contributed by atoms with Crippen LogP contribution in [0.25, 0.3) is 0 Å². The molecule has 0 spiro atoms. The van der Waals surface area contributed by atoms with Gasteiger partial charge in [0.1, 0.15) is 0 Å². The zero-order valence-corrected chi connectivity index (χ0v) is 13.9. The Bertz CT molecular complexity index is 561. The Morgan fingerprint density at radius 1 is 1.45 bits per heavy atom. The molecule has 0 amide bonds. The number of aromatic nitrogens is 2. The van der Waals surface area contributed by atoms with E-state index in [0.29, 0.717) is 5.02 Å². The summed E-state index contributed by atoms with van der Waals surface area (Å²) in [5.74, 6) is 0. The molecule has 20 heavy (non-hydrogen) atoms. The van der Waals surface area contributed by atoms with Gasteiger partial charge in [-0.05, 0) is 40.2 Å². The predicted molar refractivity (Wildman–Crippen MR) is 85.7 cm³/mol. The smallest absolute Gasteiger partial charge is 0.0854 e. The van der Waals surface area contributed by atoms with Gasteiger partial charge >= 0.3 is 0 Å². The quantitative estimate of drug-likeness (QED) is 0.890. The Balaban J connectivity index is 2.31. The van der Waals surface area contributed by atoms with E-state index in [1.165, 1.54) is 9.75 Å². The molecule has 1 unspecified atom stereocenters. The van der Waals surface area contributed by atoms with Gasteiger partial charge in [-0.2, -0.15) is 5.10 Å². The third-order valence-corrected chi connectivity index (χ3v) is 4.56. The lowest BCUT2D eigenvalue weighted by Crippen LogP contribution is -2.25. The second-order valence-corrected chi connectivity index (χ2v) is 6.80. The summed E-state index contributed by atoms with van der Waals surface area (Å²) in [6.07, 6.45) is 1.73. The fourth-order valence-corrected chi connectivity index (χ4v) is 3.40. The molecule has 1 N–H and O–H groups in total. The summed E-state index contributed by atoms with van der Waals surface area (Å²) in [4.78, 5) is 4.71. The van der Waals surface area contributed by atoms with Crippen molar-refractivity contribution in [1.82, 2.24) is 20.0 Å². The Kier molecular flexibility index (Phi) is 5.21. The van der Waals surface area contributed by atoms with Gasteiger partial charge < -0.3 is 10.2 Å². The maximum absolute atomic E-state index is 6.36. The summed E-state index contributed by atoms with van der Waals surface area (Å²) >= 11 is 8.15. The predicted octanol–water partition coefficient (Wildman–Crippen LogP) is 2.78. The van der Waals surface area contributed by atoms with E-state index in [4.69, 9.17) is 11.6 Å². The molecule has 0 aliphatic heterocycles. The number of hydrogen-bond acceptors (Lipinski definition) is 4. The van der Waals surface area contributed by atoms with Gasteiger partial charge in [-0.15, -0.1) is 11.3 Å². The van der Waals surface area contributed by atoms with Crippen LogP contribution in [-0.2, 0) is 6.54 Å². The fraction of sp³-hybridized carbons (Fsp3) is 0.500. The van der Waals surface area contributed by atoms with Crippen LogP contribution in [0.1, 0.15) is 21.5 Å². The van der Waals surface area contributed by atoms with E-state index in [1.807, 2.05) is 11.7 Å². The summed E-state index contributed by atoms with van der Waals surface area (Å²) < 4.78 is 2.00. The Morgan fingerprint density at radius 2 is 2.20 bits per heavy atom. The summed E-state index contributed by atoms with van der Waals surface area (Å²) in [5, 5.41) is 8.48. The van der Waals surface area contributed by atoms with Crippen LogP contribution in [-0.4, -0.2) is 42.4 Å². The molecule has 0 saturated carbocycles. The number of rotatable bonds is 6. The highest BCUT2D eigenvalue weighted by Crippen LogP contribution is 2.32. The van der Waals surface area contributed by atoms with Crippen LogP contribution in [0.5, 0.6) is 0 Å². The van der Waals surface area contributed by atoms with E-state index < -0.39 is 0 Å². The second kappa shape index (κ2) is 6.72. The molecule has 2 aromatic rings. The van der Waals surface area contributed by atoms with E-state index in [9.17, 15) is 0 Å². The molecular weight excluding hydrogens is 292 g/mol. The highest BCUT2D eigenvalue weighted by atomic mass is 35.5. The molecule has 1 atom stereocenters. The number of hydrogen-bond donors (Lipinski definition) is 1. The van der Waals surface area contributed by atoms with Gasteiger partial charge in [-0.25, -0.2) is 0 Å². The standard InChI is InChI=1S/C14H21ClN4S/c1-10-5-6-12(20-10)13(16-2)14-11(15)9-17-19(14)8-7-18(3)4/h5-6,9,13,16H,7-8H2,1-4H3. The molecule has 0 aliphatic carbocycles. The average molecular weight is 313 g/mol. The van der Waals surface area contributed by atoms with Crippen molar-refractivity contribution in [3.05, 3.63) is 38.8 Å². The van der Waals surface area contributed by atoms with E-state index in [-0.39, 0.29) is 6.04 Å². The topological polar surface area (TPSA) is 33.1 Å². The van der Waals surface area contributed by atoms with Crippen molar-refractivity contribution >= 4 is 22.9 Å². The summed E-state index contributed by atoms with van der Waals surface area (Å²) in [5.41, 5.74) is 1.04. The zero-order chi connectivity index (χ0) is 14.7. The number of likely N-dealkylation sites (N-methyl/N-ethyl adjacent to an activating group) is 1. The van der Waals surface area contributed by atoms with Crippen molar-refractivity contribution in [2.75, 3.05) is 27.7 Å². The molecule has 0 radical (unpaired) electrons. The van der Waals surface area contributed by atoms with Crippen molar-refractivity contribution in [3.63, 3.8) is 0 Å². The van der Waals surface area contributed by atoms with Gasteiger partial charge in [-0.3, -0.25) is 4.68 Å². The normalized spacial score (nSPS) is 13.1. The van der Waals surface area contributed by atoms with Gasteiger partial charge in [0.25, 0.3) is 0 Å². The highest BCUT2D eigenvalue weighted by molar-refractivity contribution is 7.12. The lowest BCUT2D eigenvalue weighted by atomic mass is 10.1. The first-order valence-corrected chi connectivity index (χ1v) is 7.82. The molecule has 0 saturated heterocycles. The molecule has 6 heteroatoms. The monoisotopic (exact) mass is 312 g/mol. The molecule has 2 rings (SSSR count). The van der Waals surface area contributed by atoms with E-state index in [0.717, 1.165) is 18.8 Å². The Hall–Kier alpha value is -0.880. The lowest BCUT2D eigenvalue weighted by molar-refractivity contribution is 0.366. The third-order valence-electron chi connectivity index (χ3n) is 3.20. The van der Waals surface area contributed by atoms with Crippen LogP contribution in [0.15, 0.2) is 18.3 Å². The second-order valence-electron chi connectivity index (χ2n) is 5.07. The van der Waals surface area contributed by atoms with Gasteiger partial charge in [0.15, 0.2) is 0 Å². The molecule has 2 heterocycles. The van der Waals surface area contributed by atoms with E-state index in [1.54, 1.807) is 17.5 Å². The minimum atomic E-state index is 0.0888. The molecule has 110 valence electrons. The molecule has 2 aromatic heterocycles. The van der Waals surface area contributed by atoms with Crippen LogP contribution >= 0.6 is 22.9 Å². The summed E-state index contributed by atoms with van der Waals surface area (Å²) in [6, 6.07) is 4.38. The van der Waals surface area contributed by atoms with Crippen molar-refractivity contribution in [1.29, 1.82) is 0 Å². The maximum Gasteiger partial charge on any atom is 0.0854 e. The molecule has 0 bridgehead atoms. The van der Waals surface area contributed by atoms with Crippen molar-refractivity contribution in [2.45, 2.75) is 19.5 Å². The number of nitrogens with zero attached hydrogens (tertiary/aromatic N) is 3. The number of thiophene rings is 1. The van der Waals surface area contributed by atoms with E-state index in [2.05, 4.69) is 48.5 Å². The first-order chi connectivity index (χ1) is 9.52. The van der Waals surface area contributed by atoms with Crippen LogP contribution in [0.4, 0.5) is 0 Å². The molecule has 0 fully saturated rings. The van der Waals surface area contributed by atoms with Crippen LogP contribution in [0.3, 0.4) is 0 Å². The molecular formula is C14H21ClN4S. The Labute approximate surface area is 129 Å². The van der Waals surface area contributed by atoms with Crippen LogP contribution < -0.4 is 5.32 Å². The van der Waals surface area contributed by atoms with Gasteiger partial charge in [0.2, 0.25) is 0 Å². The summed E-state index contributed by atoms with van der Waals surface area (Å²) in [7, 11) is 6.07. The minimum Gasteiger partial charge on any atom is -0.308 e. The Morgan fingerprint density at radius 3 is 2.75 bits per heavy atom. The van der Waals surface area contributed by atoms with Crippen LogP contribution in [0, 0.1) is 6.92 Å². The molecule has 0 aliphatic rings.